The summed E-state index contributed by atoms with van der Waals surface area (Å²) >= 11 is 0. The third kappa shape index (κ3) is 3.42. The van der Waals surface area contributed by atoms with E-state index >= 15 is 0 Å². The summed E-state index contributed by atoms with van der Waals surface area (Å²) in [5.74, 6) is 0.819. The molecular weight excluding hydrogens is 388 g/mol. The standard InChI is InChI=1S/C24H22N6O/c1-2-4-18(5-3-1)31-19-8-16(11-26-13-19)17-9-20-23(29-30-24(20)27-12-17)21-10-15-6-7-25-14-22(15)28-21/h6-14,18,28H,1-5H2,(H,27,29,30). The molecule has 6 rings (SSSR count). The lowest BCUT2D eigenvalue weighted by Crippen LogP contribution is -2.19. The summed E-state index contributed by atoms with van der Waals surface area (Å²) in [6, 6.07) is 8.22. The Morgan fingerprint density at radius 2 is 1.81 bits per heavy atom. The van der Waals surface area contributed by atoms with E-state index in [-0.39, 0.29) is 0 Å². The third-order valence-electron chi connectivity index (χ3n) is 6.00. The summed E-state index contributed by atoms with van der Waals surface area (Å²) in [5, 5.41) is 9.60. The summed E-state index contributed by atoms with van der Waals surface area (Å²) in [7, 11) is 0. The molecule has 7 nitrogen and oxygen atoms in total. The van der Waals surface area contributed by atoms with E-state index in [9.17, 15) is 0 Å². The molecule has 0 aliphatic heterocycles. The number of hydrogen-bond acceptors (Lipinski definition) is 5. The largest absolute Gasteiger partial charge is 0.489 e. The molecular formula is C24H22N6O. The molecule has 0 saturated heterocycles. The Morgan fingerprint density at radius 3 is 2.71 bits per heavy atom. The molecule has 31 heavy (non-hydrogen) atoms. The Labute approximate surface area is 178 Å². The van der Waals surface area contributed by atoms with Crippen molar-refractivity contribution < 1.29 is 4.74 Å². The highest BCUT2D eigenvalue weighted by Gasteiger charge is 2.16. The number of aromatic amines is 2. The van der Waals surface area contributed by atoms with Crippen molar-refractivity contribution in [3.8, 4) is 28.3 Å². The first-order valence-corrected chi connectivity index (χ1v) is 10.7. The minimum atomic E-state index is 0.295. The minimum Gasteiger partial charge on any atom is -0.489 e. The zero-order valence-corrected chi connectivity index (χ0v) is 17.0. The van der Waals surface area contributed by atoms with E-state index in [0.717, 1.165) is 63.0 Å². The molecule has 0 unspecified atom stereocenters. The Kier molecular flexibility index (Phi) is 4.37. The molecule has 154 valence electrons. The lowest BCUT2D eigenvalue weighted by atomic mass is 9.98. The van der Waals surface area contributed by atoms with E-state index < -0.39 is 0 Å². The predicted molar refractivity (Wildman–Crippen MR) is 120 cm³/mol. The monoisotopic (exact) mass is 410 g/mol. The highest BCUT2D eigenvalue weighted by Crippen LogP contribution is 2.32. The Hall–Kier alpha value is -3.74. The predicted octanol–water partition coefficient (Wildman–Crippen LogP) is 5.27. The second-order valence-corrected chi connectivity index (χ2v) is 8.13. The molecule has 0 radical (unpaired) electrons. The fraction of sp³-hybridized carbons (Fsp3) is 0.250. The SMILES string of the molecule is c1cc2cc(-c3n[nH]c4ncc(-c5cncc(OC6CCCCC6)c5)cc34)[nH]c2cn1. The number of nitrogens with one attached hydrogen (secondary N) is 2. The van der Waals surface area contributed by atoms with Gasteiger partial charge in [-0.05, 0) is 49.9 Å². The van der Waals surface area contributed by atoms with Crippen LogP contribution in [0.3, 0.4) is 0 Å². The quantitative estimate of drug-likeness (QED) is 0.421. The second-order valence-electron chi connectivity index (χ2n) is 8.13. The number of ether oxygens (including phenoxy) is 1. The summed E-state index contributed by atoms with van der Waals surface area (Å²) in [6.45, 7) is 0. The summed E-state index contributed by atoms with van der Waals surface area (Å²) in [4.78, 5) is 16.6. The molecule has 0 atom stereocenters. The summed E-state index contributed by atoms with van der Waals surface area (Å²) in [6.07, 6.45) is 15.4. The number of nitrogens with zero attached hydrogens (tertiary/aromatic N) is 4. The van der Waals surface area contributed by atoms with Crippen molar-refractivity contribution >= 4 is 21.9 Å². The summed E-state index contributed by atoms with van der Waals surface area (Å²) < 4.78 is 6.20. The fourth-order valence-electron chi connectivity index (χ4n) is 4.38. The van der Waals surface area contributed by atoms with Gasteiger partial charge >= 0.3 is 0 Å². The average Bonchev–Trinajstić information content (AvgIpc) is 3.43. The van der Waals surface area contributed by atoms with Gasteiger partial charge in [0.25, 0.3) is 0 Å². The molecule has 1 saturated carbocycles. The van der Waals surface area contributed by atoms with Gasteiger partial charge in [-0.25, -0.2) is 4.98 Å². The highest BCUT2D eigenvalue weighted by molar-refractivity contribution is 5.95. The zero-order chi connectivity index (χ0) is 20.6. The van der Waals surface area contributed by atoms with Crippen molar-refractivity contribution in [1.29, 1.82) is 0 Å². The molecule has 1 fully saturated rings. The van der Waals surface area contributed by atoms with Crippen LogP contribution in [0.4, 0.5) is 0 Å². The van der Waals surface area contributed by atoms with Gasteiger partial charge < -0.3 is 9.72 Å². The number of fused-ring (bicyclic) bond motifs is 2. The first-order valence-electron chi connectivity index (χ1n) is 10.7. The van der Waals surface area contributed by atoms with E-state index in [1.165, 1.54) is 19.3 Å². The zero-order valence-electron chi connectivity index (χ0n) is 17.0. The van der Waals surface area contributed by atoms with Crippen LogP contribution in [0, 0.1) is 0 Å². The second kappa shape index (κ2) is 7.50. The maximum Gasteiger partial charge on any atom is 0.155 e. The van der Waals surface area contributed by atoms with E-state index in [2.05, 4.69) is 48.3 Å². The third-order valence-corrected chi connectivity index (χ3v) is 6.00. The molecule has 2 N–H and O–H groups in total. The van der Waals surface area contributed by atoms with E-state index in [1.54, 1.807) is 12.4 Å². The minimum absolute atomic E-state index is 0.295. The van der Waals surface area contributed by atoms with E-state index in [4.69, 9.17) is 4.74 Å². The summed E-state index contributed by atoms with van der Waals surface area (Å²) in [5.41, 5.74) is 5.46. The average molecular weight is 410 g/mol. The first kappa shape index (κ1) is 18.1. The van der Waals surface area contributed by atoms with Crippen molar-refractivity contribution in [3.05, 3.63) is 55.2 Å². The van der Waals surface area contributed by atoms with E-state index in [0.29, 0.717) is 6.10 Å². The Balaban J connectivity index is 1.36. The van der Waals surface area contributed by atoms with Crippen LogP contribution in [0.2, 0.25) is 0 Å². The van der Waals surface area contributed by atoms with Crippen LogP contribution in [-0.4, -0.2) is 36.2 Å². The molecule has 7 heteroatoms. The Morgan fingerprint density at radius 1 is 0.903 bits per heavy atom. The van der Waals surface area contributed by atoms with Gasteiger partial charge in [0.05, 0.1) is 29.7 Å². The molecule has 0 spiro atoms. The normalized spacial score (nSPS) is 15.0. The van der Waals surface area contributed by atoms with E-state index in [1.807, 2.05) is 24.7 Å². The molecule has 1 aliphatic rings. The van der Waals surface area contributed by atoms with Gasteiger partial charge in [0, 0.05) is 40.5 Å². The van der Waals surface area contributed by atoms with Crippen LogP contribution in [0.15, 0.2) is 55.2 Å². The smallest absolute Gasteiger partial charge is 0.155 e. The van der Waals surface area contributed by atoms with Crippen molar-refractivity contribution in [2.75, 3.05) is 0 Å². The number of rotatable bonds is 4. The Bertz CT molecular complexity index is 1330. The van der Waals surface area contributed by atoms with Gasteiger partial charge in [-0.1, -0.05) is 6.42 Å². The lowest BCUT2D eigenvalue weighted by molar-refractivity contribution is 0.154. The van der Waals surface area contributed by atoms with Gasteiger partial charge in [-0.2, -0.15) is 5.10 Å². The van der Waals surface area contributed by atoms with Gasteiger partial charge in [-0.3, -0.25) is 15.1 Å². The molecule has 5 aromatic rings. The topological polar surface area (TPSA) is 92.4 Å². The van der Waals surface area contributed by atoms with Gasteiger partial charge in [0.2, 0.25) is 0 Å². The van der Waals surface area contributed by atoms with Crippen LogP contribution < -0.4 is 4.74 Å². The maximum atomic E-state index is 6.20. The van der Waals surface area contributed by atoms with Crippen molar-refractivity contribution in [1.82, 2.24) is 30.1 Å². The van der Waals surface area contributed by atoms with Crippen LogP contribution in [0.1, 0.15) is 32.1 Å². The molecule has 0 aromatic carbocycles. The number of H-pyrrole nitrogens is 2. The molecule has 1 aliphatic carbocycles. The lowest BCUT2D eigenvalue weighted by Gasteiger charge is -2.23. The molecule has 5 heterocycles. The first-order chi connectivity index (χ1) is 15.3. The maximum absolute atomic E-state index is 6.20. The van der Waals surface area contributed by atoms with Gasteiger partial charge in [-0.15, -0.1) is 0 Å². The van der Waals surface area contributed by atoms with Crippen molar-refractivity contribution in [2.45, 2.75) is 38.2 Å². The van der Waals surface area contributed by atoms with Crippen LogP contribution >= 0.6 is 0 Å². The molecule has 0 amide bonds. The number of aromatic nitrogens is 6. The van der Waals surface area contributed by atoms with Crippen molar-refractivity contribution in [3.63, 3.8) is 0 Å². The molecule has 5 aromatic heterocycles. The number of pyridine rings is 3. The van der Waals surface area contributed by atoms with Crippen LogP contribution in [-0.2, 0) is 0 Å². The van der Waals surface area contributed by atoms with Crippen LogP contribution in [0.5, 0.6) is 5.75 Å². The fourth-order valence-corrected chi connectivity index (χ4v) is 4.38. The van der Waals surface area contributed by atoms with Gasteiger partial charge in [0.1, 0.15) is 11.4 Å². The molecule has 0 bridgehead atoms. The van der Waals surface area contributed by atoms with Crippen molar-refractivity contribution in [2.24, 2.45) is 0 Å². The number of hydrogen-bond donors (Lipinski definition) is 2. The highest BCUT2D eigenvalue weighted by atomic mass is 16.5. The van der Waals surface area contributed by atoms with Crippen LogP contribution in [0.25, 0.3) is 44.5 Å². The van der Waals surface area contributed by atoms with Gasteiger partial charge in [0.15, 0.2) is 5.65 Å².